The molecule has 0 atom stereocenters. The lowest BCUT2D eigenvalue weighted by Gasteiger charge is -2.13. The minimum absolute atomic E-state index is 0.180. The Balaban J connectivity index is 1.88. The van der Waals surface area contributed by atoms with Crippen LogP contribution in [0, 0.1) is 6.92 Å². The highest BCUT2D eigenvalue weighted by Crippen LogP contribution is 2.23. The number of hydrogen-bond acceptors (Lipinski definition) is 2. The lowest BCUT2D eigenvalue weighted by Crippen LogP contribution is -2.22. The summed E-state index contributed by atoms with van der Waals surface area (Å²) in [6, 6.07) is 19.1. The molecule has 0 spiro atoms. The minimum atomic E-state index is -0.257. The molecular weight excluding hydrogens is 324 g/mol. The molecule has 0 unspecified atom stereocenters. The SMILES string of the molecule is C=C(NC(=O)c1cc(NC(C)=O)ccc1C)c1cccc2ccccc12. The van der Waals surface area contributed by atoms with Gasteiger partial charge in [0.1, 0.15) is 0 Å². The molecule has 0 aromatic heterocycles. The molecule has 3 aromatic carbocycles. The van der Waals surface area contributed by atoms with Crippen molar-refractivity contribution in [3.8, 4) is 0 Å². The second-order valence-corrected chi connectivity index (χ2v) is 6.17. The first-order valence-corrected chi connectivity index (χ1v) is 8.32. The number of carbonyl (C=O) groups excluding carboxylic acids is 2. The van der Waals surface area contributed by atoms with Gasteiger partial charge in [0.15, 0.2) is 0 Å². The van der Waals surface area contributed by atoms with Crippen LogP contribution in [0.25, 0.3) is 16.5 Å². The summed E-state index contributed by atoms with van der Waals surface area (Å²) >= 11 is 0. The normalized spacial score (nSPS) is 10.4. The van der Waals surface area contributed by atoms with Crippen LogP contribution in [0.15, 0.2) is 67.2 Å². The van der Waals surface area contributed by atoms with E-state index in [-0.39, 0.29) is 11.8 Å². The Morgan fingerprint density at radius 2 is 1.65 bits per heavy atom. The first-order valence-electron chi connectivity index (χ1n) is 8.32. The Labute approximate surface area is 152 Å². The van der Waals surface area contributed by atoms with E-state index in [1.54, 1.807) is 18.2 Å². The molecule has 0 radical (unpaired) electrons. The van der Waals surface area contributed by atoms with Gasteiger partial charge >= 0.3 is 0 Å². The van der Waals surface area contributed by atoms with Crippen LogP contribution < -0.4 is 10.6 Å². The van der Waals surface area contributed by atoms with Crippen molar-refractivity contribution in [1.82, 2.24) is 5.32 Å². The predicted molar refractivity (Wildman–Crippen MR) is 106 cm³/mol. The van der Waals surface area contributed by atoms with Crippen LogP contribution in [0.3, 0.4) is 0 Å². The molecule has 0 saturated heterocycles. The van der Waals surface area contributed by atoms with Crippen LogP contribution in [0.1, 0.15) is 28.4 Å². The van der Waals surface area contributed by atoms with Crippen LogP contribution in [-0.4, -0.2) is 11.8 Å². The van der Waals surface area contributed by atoms with Gasteiger partial charge < -0.3 is 10.6 Å². The lowest BCUT2D eigenvalue weighted by atomic mass is 10.0. The Hall–Kier alpha value is -3.40. The minimum Gasteiger partial charge on any atom is -0.326 e. The summed E-state index contributed by atoms with van der Waals surface area (Å²) in [6.45, 7) is 7.33. The first-order chi connectivity index (χ1) is 12.5. The van der Waals surface area contributed by atoms with Crippen molar-refractivity contribution in [2.45, 2.75) is 13.8 Å². The van der Waals surface area contributed by atoms with Gasteiger partial charge in [0.2, 0.25) is 5.91 Å². The van der Waals surface area contributed by atoms with Crippen LogP contribution in [0.5, 0.6) is 0 Å². The van der Waals surface area contributed by atoms with Gasteiger partial charge in [-0.2, -0.15) is 0 Å². The second-order valence-electron chi connectivity index (χ2n) is 6.17. The van der Waals surface area contributed by atoms with E-state index < -0.39 is 0 Å². The Morgan fingerprint density at radius 3 is 2.42 bits per heavy atom. The summed E-state index contributed by atoms with van der Waals surface area (Å²) in [5.74, 6) is -0.437. The summed E-state index contributed by atoms with van der Waals surface area (Å²) in [6.07, 6.45) is 0. The molecule has 4 heteroatoms. The monoisotopic (exact) mass is 344 g/mol. The fraction of sp³-hybridized carbons (Fsp3) is 0.0909. The molecule has 2 amide bonds. The van der Waals surface area contributed by atoms with Crippen molar-refractivity contribution in [3.63, 3.8) is 0 Å². The Bertz CT molecular complexity index is 1020. The van der Waals surface area contributed by atoms with E-state index in [0.29, 0.717) is 16.9 Å². The van der Waals surface area contributed by atoms with Crippen LogP contribution >= 0.6 is 0 Å². The molecule has 0 bridgehead atoms. The third-order valence-electron chi connectivity index (χ3n) is 4.18. The molecule has 2 N–H and O–H groups in total. The number of aryl methyl sites for hydroxylation is 1. The topological polar surface area (TPSA) is 58.2 Å². The lowest BCUT2D eigenvalue weighted by molar-refractivity contribution is -0.114. The maximum absolute atomic E-state index is 12.7. The largest absolute Gasteiger partial charge is 0.326 e. The molecule has 0 aliphatic heterocycles. The van der Waals surface area contributed by atoms with E-state index in [0.717, 1.165) is 21.9 Å². The molecule has 130 valence electrons. The van der Waals surface area contributed by atoms with E-state index in [1.165, 1.54) is 6.92 Å². The number of amides is 2. The molecule has 3 rings (SSSR count). The quantitative estimate of drug-likeness (QED) is 0.732. The average Bonchev–Trinajstić information content (AvgIpc) is 2.62. The summed E-state index contributed by atoms with van der Waals surface area (Å²) in [4.78, 5) is 24.0. The third-order valence-corrected chi connectivity index (χ3v) is 4.18. The van der Waals surface area contributed by atoms with Gasteiger partial charge in [-0.3, -0.25) is 9.59 Å². The van der Waals surface area contributed by atoms with Crippen LogP contribution in [0.2, 0.25) is 0 Å². The molecule has 26 heavy (non-hydrogen) atoms. The van der Waals surface area contributed by atoms with Gasteiger partial charge in [0.05, 0.1) is 0 Å². The number of carbonyl (C=O) groups is 2. The van der Waals surface area contributed by atoms with Crippen molar-refractivity contribution in [2.75, 3.05) is 5.32 Å². The Morgan fingerprint density at radius 1 is 0.923 bits per heavy atom. The van der Waals surface area contributed by atoms with Gasteiger partial charge in [-0.05, 0) is 35.4 Å². The highest BCUT2D eigenvalue weighted by Gasteiger charge is 2.13. The fourth-order valence-corrected chi connectivity index (χ4v) is 2.91. The van der Waals surface area contributed by atoms with Gasteiger partial charge in [-0.15, -0.1) is 0 Å². The smallest absolute Gasteiger partial charge is 0.256 e. The molecule has 0 saturated carbocycles. The molecule has 0 aliphatic rings. The van der Waals surface area contributed by atoms with E-state index in [9.17, 15) is 9.59 Å². The van der Waals surface area contributed by atoms with Crippen molar-refractivity contribution in [2.24, 2.45) is 0 Å². The zero-order valence-corrected chi connectivity index (χ0v) is 14.8. The maximum Gasteiger partial charge on any atom is 0.256 e. The van der Waals surface area contributed by atoms with Crippen LogP contribution in [0.4, 0.5) is 5.69 Å². The molecular formula is C22H20N2O2. The van der Waals surface area contributed by atoms with E-state index in [4.69, 9.17) is 0 Å². The zero-order chi connectivity index (χ0) is 18.7. The highest BCUT2D eigenvalue weighted by atomic mass is 16.2. The number of fused-ring (bicyclic) bond motifs is 1. The summed E-state index contributed by atoms with van der Waals surface area (Å²) in [5, 5.41) is 7.69. The van der Waals surface area contributed by atoms with Gasteiger partial charge in [-0.25, -0.2) is 0 Å². The molecule has 4 nitrogen and oxygen atoms in total. The van der Waals surface area contributed by atoms with Gasteiger partial charge in [0.25, 0.3) is 5.91 Å². The van der Waals surface area contributed by atoms with E-state index in [2.05, 4.69) is 17.2 Å². The van der Waals surface area contributed by atoms with Crippen molar-refractivity contribution in [3.05, 3.63) is 83.9 Å². The van der Waals surface area contributed by atoms with Crippen LogP contribution in [-0.2, 0) is 4.79 Å². The summed E-state index contributed by atoms with van der Waals surface area (Å²) in [5.41, 5.74) is 3.33. The zero-order valence-electron chi connectivity index (χ0n) is 14.8. The van der Waals surface area contributed by atoms with Crippen molar-refractivity contribution >= 4 is 34.0 Å². The third kappa shape index (κ3) is 3.64. The molecule has 0 aliphatic carbocycles. The van der Waals surface area contributed by atoms with Crippen molar-refractivity contribution in [1.29, 1.82) is 0 Å². The highest BCUT2D eigenvalue weighted by molar-refractivity contribution is 6.04. The van der Waals surface area contributed by atoms with Crippen molar-refractivity contribution < 1.29 is 9.59 Å². The van der Waals surface area contributed by atoms with E-state index in [1.807, 2.05) is 49.4 Å². The first kappa shape index (κ1) is 17.4. The van der Waals surface area contributed by atoms with Gasteiger partial charge in [0, 0.05) is 29.4 Å². The summed E-state index contributed by atoms with van der Waals surface area (Å²) in [7, 11) is 0. The van der Waals surface area contributed by atoms with E-state index >= 15 is 0 Å². The number of rotatable bonds is 4. The molecule has 0 fully saturated rings. The number of benzene rings is 3. The maximum atomic E-state index is 12.7. The molecule has 0 heterocycles. The number of anilines is 1. The molecule has 3 aromatic rings. The summed E-state index contributed by atoms with van der Waals surface area (Å²) < 4.78 is 0. The predicted octanol–water partition coefficient (Wildman–Crippen LogP) is 4.51. The number of hydrogen-bond donors (Lipinski definition) is 2. The Kier molecular flexibility index (Phi) is 4.85. The number of nitrogens with one attached hydrogen (secondary N) is 2. The van der Waals surface area contributed by atoms with Gasteiger partial charge in [-0.1, -0.05) is 55.1 Å². The standard InChI is InChI=1S/C22H20N2O2/c1-14-11-12-18(24-16(3)25)13-21(14)22(26)23-15(2)19-10-6-8-17-7-4-5-9-20(17)19/h4-13H,2H2,1,3H3,(H,23,26)(H,24,25). The second kappa shape index (κ2) is 7.23. The average molecular weight is 344 g/mol. The fourth-order valence-electron chi connectivity index (χ4n) is 2.91.